The number of nitrogens with zero attached hydrogens (tertiary/aromatic N) is 3. The second-order valence-corrected chi connectivity index (χ2v) is 4.19. The van der Waals surface area contributed by atoms with Crippen LogP contribution in [0.4, 0.5) is 5.82 Å². The summed E-state index contributed by atoms with van der Waals surface area (Å²) in [5, 5.41) is 0. The minimum atomic E-state index is 0.572. The van der Waals surface area contributed by atoms with Crippen LogP contribution in [0.1, 0.15) is 30.4 Å². The van der Waals surface area contributed by atoms with E-state index in [0.29, 0.717) is 5.82 Å². The van der Waals surface area contributed by atoms with Crippen molar-refractivity contribution in [3.05, 3.63) is 41.6 Å². The molecule has 4 nitrogen and oxygen atoms in total. The topological polar surface area (TPSA) is 56.7 Å². The highest BCUT2D eigenvalue weighted by molar-refractivity contribution is 5.34. The molecule has 0 radical (unpaired) electrons. The second-order valence-electron chi connectivity index (χ2n) is 4.19. The maximum Gasteiger partial charge on any atom is 0.123 e. The number of hydrogen-bond acceptors (Lipinski definition) is 3. The summed E-state index contributed by atoms with van der Waals surface area (Å²) in [6.45, 7) is 5.16. The SMILES string of the molecule is CCCn1ccnc1Cc1ccc(N)nc1C. The highest BCUT2D eigenvalue weighted by Crippen LogP contribution is 2.13. The van der Waals surface area contributed by atoms with Crippen LogP contribution < -0.4 is 5.73 Å². The van der Waals surface area contributed by atoms with Crippen LogP contribution in [0, 0.1) is 6.92 Å². The second kappa shape index (κ2) is 4.99. The molecule has 0 bridgehead atoms. The van der Waals surface area contributed by atoms with E-state index in [4.69, 9.17) is 5.73 Å². The van der Waals surface area contributed by atoms with Crippen molar-refractivity contribution in [3.8, 4) is 0 Å². The Kier molecular flexibility index (Phi) is 3.42. The van der Waals surface area contributed by atoms with Crippen LogP contribution in [0.5, 0.6) is 0 Å². The first-order valence-corrected chi connectivity index (χ1v) is 5.92. The van der Waals surface area contributed by atoms with Gasteiger partial charge in [0.2, 0.25) is 0 Å². The van der Waals surface area contributed by atoms with E-state index in [1.54, 1.807) is 0 Å². The molecule has 0 spiro atoms. The van der Waals surface area contributed by atoms with Crippen LogP contribution in [-0.2, 0) is 13.0 Å². The first kappa shape index (κ1) is 11.6. The van der Waals surface area contributed by atoms with Crippen molar-refractivity contribution < 1.29 is 0 Å². The molecule has 0 amide bonds. The third kappa shape index (κ3) is 2.64. The van der Waals surface area contributed by atoms with Crippen LogP contribution >= 0.6 is 0 Å². The predicted octanol–water partition coefficient (Wildman–Crippen LogP) is 2.17. The Morgan fingerprint density at radius 3 is 2.88 bits per heavy atom. The van der Waals surface area contributed by atoms with Crippen molar-refractivity contribution in [2.75, 3.05) is 5.73 Å². The van der Waals surface area contributed by atoms with Crippen molar-refractivity contribution in [1.29, 1.82) is 0 Å². The van der Waals surface area contributed by atoms with Crippen LogP contribution in [-0.4, -0.2) is 14.5 Å². The molecule has 0 aliphatic heterocycles. The molecule has 0 saturated carbocycles. The van der Waals surface area contributed by atoms with Crippen molar-refractivity contribution in [2.24, 2.45) is 0 Å². The average molecular weight is 230 g/mol. The van der Waals surface area contributed by atoms with E-state index in [1.165, 1.54) is 5.56 Å². The summed E-state index contributed by atoms with van der Waals surface area (Å²) >= 11 is 0. The molecule has 0 aromatic carbocycles. The smallest absolute Gasteiger partial charge is 0.123 e. The molecule has 2 aromatic rings. The summed E-state index contributed by atoms with van der Waals surface area (Å²) in [5.41, 5.74) is 7.81. The zero-order chi connectivity index (χ0) is 12.3. The Bertz CT molecular complexity index is 502. The van der Waals surface area contributed by atoms with Crippen molar-refractivity contribution in [1.82, 2.24) is 14.5 Å². The molecule has 17 heavy (non-hydrogen) atoms. The molecule has 0 aliphatic carbocycles. The van der Waals surface area contributed by atoms with Crippen LogP contribution in [0.15, 0.2) is 24.5 Å². The molecule has 0 atom stereocenters. The van der Waals surface area contributed by atoms with Gasteiger partial charge in [0, 0.05) is 31.1 Å². The predicted molar refractivity (Wildman–Crippen MR) is 68.7 cm³/mol. The van der Waals surface area contributed by atoms with Gasteiger partial charge in [0.15, 0.2) is 0 Å². The van der Waals surface area contributed by atoms with Gasteiger partial charge in [-0.25, -0.2) is 9.97 Å². The molecule has 0 fully saturated rings. The Hall–Kier alpha value is -1.84. The van der Waals surface area contributed by atoms with Crippen molar-refractivity contribution >= 4 is 5.82 Å². The van der Waals surface area contributed by atoms with Gasteiger partial charge < -0.3 is 10.3 Å². The fraction of sp³-hybridized carbons (Fsp3) is 0.385. The Labute approximate surface area is 102 Å². The maximum atomic E-state index is 5.65. The average Bonchev–Trinajstić information content (AvgIpc) is 2.71. The number of hydrogen-bond donors (Lipinski definition) is 1. The zero-order valence-electron chi connectivity index (χ0n) is 10.3. The van der Waals surface area contributed by atoms with E-state index in [-0.39, 0.29) is 0 Å². The van der Waals surface area contributed by atoms with Crippen molar-refractivity contribution in [2.45, 2.75) is 33.2 Å². The van der Waals surface area contributed by atoms with Gasteiger partial charge in [0.25, 0.3) is 0 Å². The fourth-order valence-electron chi connectivity index (χ4n) is 1.92. The van der Waals surface area contributed by atoms with E-state index < -0.39 is 0 Å². The quantitative estimate of drug-likeness (QED) is 0.875. The normalized spacial score (nSPS) is 10.7. The number of imidazole rings is 1. The van der Waals surface area contributed by atoms with Gasteiger partial charge >= 0.3 is 0 Å². The van der Waals surface area contributed by atoms with E-state index in [9.17, 15) is 0 Å². The monoisotopic (exact) mass is 230 g/mol. The number of nitrogens with two attached hydrogens (primary N) is 1. The van der Waals surface area contributed by atoms with Gasteiger partial charge in [-0.1, -0.05) is 13.0 Å². The molecule has 90 valence electrons. The number of anilines is 1. The first-order chi connectivity index (χ1) is 8.20. The first-order valence-electron chi connectivity index (χ1n) is 5.92. The summed E-state index contributed by atoms with van der Waals surface area (Å²) < 4.78 is 2.19. The molecule has 2 aromatic heterocycles. The Balaban J connectivity index is 2.22. The van der Waals surface area contributed by atoms with E-state index >= 15 is 0 Å². The molecule has 0 aliphatic rings. The number of pyridine rings is 1. The highest BCUT2D eigenvalue weighted by Gasteiger charge is 2.06. The molecule has 0 unspecified atom stereocenters. The lowest BCUT2D eigenvalue weighted by Crippen LogP contribution is -2.05. The molecular formula is C13H18N4. The number of rotatable bonds is 4. The van der Waals surface area contributed by atoms with Gasteiger partial charge in [0.1, 0.15) is 11.6 Å². The Morgan fingerprint density at radius 1 is 1.35 bits per heavy atom. The summed E-state index contributed by atoms with van der Waals surface area (Å²) in [7, 11) is 0. The summed E-state index contributed by atoms with van der Waals surface area (Å²) in [5.74, 6) is 1.66. The lowest BCUT2D eigenvalue weighted by atomic mass is 10.1. The van der Waals surface area contributed by atoms with Crippen LogP contribution in [0.2, 0.25) is 0 Å². The minimum Gasteiger partial charge on any atom is -0.384 e. The molecule has 4 heteroatoms. The zero-order valence-corrected chi connectivity index (χ0v) is 10.3. The lowest BCUT2D eigenvalue weighted by molar-refractivity contribution is 0.646. The van der Waals surface area contributed by atoms with Gasteiger partial charge in [-0.15, -0.1) is 0 Å². The molecule has 2 rings (SSSR count). The largest absolute Gasteiger partial charge is 0.384 e. The van der Waals surface area contributed by atoms with E-state index in [0.717, 1.165) is 30.9 Å². The fourth-order valence-corrected chi connectivity index (χ4v) is 1.92. The molecule has 2 heterocycles. The Morgan fingerprint density at radius 2 is 2.18 bits per heavy atom. The maximum absolute atomic E-state index is 5.65. The number of aryl methyl sites for hydroxylation is 2. The standard InChI is InChI=1S/C13H18N4/c1-3-7-17-8-6-15-13(17)9-11-4-5-12(14)16-10(11)2/h4-6,8H,3,7,9H2,1-2H3,(H2,14,16). The van der Waals surface area contributed by atoms with E-state index in [1.807, 2.05) is 31.5 Å². The summed E-state index contributed by atoms with van der Waals surface area (Å²) in [6, 6.07) is 3.87. The van der Waals surface area contributed by atoms with Gasteiger partial charge in [-0.3, -0.25) is 0 Å². The van der Waals surface area contributed by atoms with Crippen LogP contribution in [0.3, 0.4) is 0 Å². The molecule has 0 saturated heterocycles. The van der Waals surface area contributed by atoms with Crippen molar-refractivity contribution in [3.63, 3.8) is 0 Å². The van der Waals surface area contributed by atoms with Gasteiger partial charge in [-0.2, -0.15) is 0 Å². The van der Waals surface area contributed by atoms with Gasteiger partial charge in [0.05, 0.1) is 0 Å². The molecular weight excluding hydrogens is 212 g/mol. The third-order valence-electron chi connectivity index (χ3n) is 2.83. The summed E-state index contributed by atoms with van der Waals surface area (Å²) in [4.78, 5) is 8.67. The number of aromatic nitrogens is 3. The van der Waals surface area contributed by atoms with Crippen LogP contribution in [0.25, 0.3) is 0 Å². The highest BCUT2D eigenvalue weighted by atomic mass is 15.1. The lowest BCUT2D eigenvalue weighted by Gasteiger charge is -2.08. The number of nitrogen functional groups attached to an aromatic ring is 1. The van der Waals surface area contributed by atoms with E-state index in [2.05, 4.69) is 21.5 Å². The third-order valence-corrected chi connectivity index (χ3v) is 2.83. The van der Waals surface area contributed by atoms with Gasteiger partial charge in [-0.05, 0) is 25.0 Å². The molecule has 2 N–H and O–H groups in total. The minimum absolute atomic E-state index is 0.572. The summed E-state index contributed by atoms with van der Waals surface area (Å²) in [6.07, 6.45) is 5.80.